The summed E-state index contributed by atoms with van der Waals surface area (Å²) in [5.74, 6) is 0.895. The lowest BCUT2D eigenvalue weighted by Crippen LogP contribution is -2.24. The maximum absolute atomic E-state index is 2.45. The van der Waals surface area contributed by atoms with Crippen LogP contribution in [0, 0.1) is 33.0 Å². The predicted octanol–water partition coefficient (Wildman–Crippen LogP) is 8.97. The zero-order chi connectivity index (χ0) is 21.2. The van der Waals surface area contributed by atoms with Crippen molar-refractivity contribution >= 4 is 0 Å². The minimum atomic E-state index is 0.362. The van der Waals surface area contributed by atoms with E-state index in [1.807, 2.05) is 0 Å². The largest absolute Gasteiger partial charge is 0.0682 e. The Hall–Kier alpha value is -0.520. The zero-order valence-electron chi connectivity index (χ0n) is 20.9. The molecule has 3 unspecified atom stereocenters. The number of hydrogen-bond donors (Lipinski definition) is 0. The summed E-state index contributed by atoms with van der Waals surface area (Å²) in [5.41, 5.74) is 8.86. The normalized spacial score (nSPS) is 39.2. The van der Waals surface area contributed by atoms with E-state index >= 15 is 0 Å². The van der Waals surface area contributed by atoms with Gasteiger partial charge in [0.2, 0.25) is 0 Å². The minimum absolute atomic E-state index is 0.362. The molecule has 3 atom stereocenters. The molecule has 2 bridgehead atoms. The topological polar surface area (TPSA) is 0 Å². The molecule has 156 valence electrons. The van der Waals surface area contributed by atoms with Crippen LogP contribution in [0.4, 0.5) is 0 Å². The summed E-state index contributed by atoms with van der Waals surface area (Å²) >= 11 is 0. The van der Waals surface area contributed by atoms with Crippen LogP contribution in [0.1, 0.15) is 116 Å². The van der Waals surface area contributed by atoms with Crippen molar-refractivity contribution in [2.24, 2.45) is 33.0 Å². The van der Waals surface area contributed by atoms with Crippen molar-refractivity contribution in [1.82, 2.24) is 0 Å². The van der Waals surface area contributed by atoms with Gasteiger partial charge in [-0.2, -0.15) is 0 Å². The van der Waals surface area contributed by atoms with Crippen LogP contribution in [0.3, 0.4) is 0 Å². The van der Waals surface area contributed by atoms with Gasteiger partial charge in [-0.3, -0.25) is 0 Å². The molecule has 0 aromatic heterocycles. The lowest BCUT2D eigenvalue weighted by Gasteiger charge is -2.35. The van der Waals surface area contributed by atoms with Gasteiger partial charge in [0.05, 0.1) is 0 Å². The smallest absolute Gasteiger partial charge is 0.00822 e. The molecule has 0 heteroatoms. The second-order valence-electron chi connectivity index (χ2n) is 13.0. The molecule has 0 amide bonds. The maximum Gasteiger partial charge on any atom is -0.00822 e. The first kappa shape index (κ1) is 22.8. The number of rotatable bonds is 0. The van der Waals surface area contributed by atoms with Crippen LogP contribution in [0.2, 0.25) is 0 Å². The number of hydrogen-bond acceptors (Lipinski definition) is 0. The summed E-state index contributed by atoms with van der Waals surface area (Å²) in [6.45, 7) is 31.1. The van der Waals surface area contributed by atoms with Crippen LogP contribution in [-0.4, -0.2) is 0 Å². The van der Waals surface area contributed by atoms with Gasteiger partial charge >= 0.3 is 0 Å². The Labute approximate surface area is 171 Å². The fourth-order valence-electron chi connectivity index (χ4n) is 7.36. The average molecular weight is 373 g/mol. The molecule has 3 aliphatic carbocycles. The Balaban J connectivity index is 0.000000198. The van der Waals surface area contributed by atoms with Crippen molar-refractivity contribution in [3.8, 4) is 0 Å². The third-order valence-electron chi connectivity index (χ3n) is 9.36. The molecule has 27 heavy (non-hydrogen) atoms. The van der Waals surface area contributed by atoms with Gasteiger partial charge in [0, 0.05) is 0 Å². The molecule has 0 spiro atoms. The molecule has 0 aromatic carbocycles. The average Bonchev–Trinajstić information content (AvgIpc) is 2.80. The van der Waals surface area contributed by atoms with E-state index in [2.05, 4.69) is 90.0 Å². The molecule has 1 saturated carbocycles. The SMILES string of the molecule is CC1=C(C)C(C)(C)CC(C)(C)CC1(C)C.CC1=C(C)C2(C)CC1(C)CC2C. The molecule has 0 heterocycles. The molecular formula is C27H48. The predicted molar refractivity (Wildman–Crippen MR) is 122 cm³/mol. The van der Waals surface area contributed by atoms with E-state index < -0.39 is 0 Å². The van der Waals surface area contributed by atoms with Crippen molar-refractivity contribution in [2.75, 3.05) is 0 Å². The summed E-state index contributed by atoms with van der Waals surface area (Å²) in [5, 5.41) is 0. The first-order valence-corrected chi connectivity index (χ1v) is 11.2. The Kier molecular flexibility index (Phi) is 5.48. The molecule has 0 radical (unpaired) electrons. The molecule has 0 aliphatic heterocycles. The molecule has 3 aliphatic rings. The third-order valence-corrected chi connectivity index (χ3v) is 9.36. The van der Waals surface area contributed by atoms with Gasteiger partial charge in [-0.25, -0.2) is 0 Å². The van der Waals surface area contributed by atoms with Crippen LogP contribution in [-0.2, 0) is 0 Å². The molecule has 3 rings (SSSR count). The van der Waals surface area contributed by atoms with E-state index in [0.717, 1.165) is 5.92 Å². The summed E-state index contributed by atoms with van der Waals surface area (Å²) in [7, 11) is 0. The highest BCUT2D eigenvalue weighted by Crippen LogP contribution is 2.66. The van der Waals surface area contributed by atoms with Gasteiger partial charge in [-0.1, -0.05) is 84.6 Å². The van der Waals surface area contributed by atoms with Crippen LogP contribution in [0.25, 0.3) is 0 Å². The van der Waals surface area contributed by atoms with Crippen LogP contribution < -0.4 is 0 Å². The Morgan fingerprint density at radius 3 is 1.30 bits per heavy atom. The van der Waals surface area contributed by atoms with Gasteiger partial charge in [0.15, 0.2) is 0 Å². The van der Waals surface area contributed by atoms with Gasteiger partial charge in [0.25, 0.3) is 0 Å². The second-order valence-corrected chi connectivity index (χ2v) is 13.0. The highest BCUT2D eigenvalue weighted by molar-refractivity contribution is 5.36. The van der Waals surface area contributed by atoms with Gasteiger partial charge in [-0.05, 0) is 86.4 Å². The second kappa shape index (κ2) is 6.50. The molecular weight excluding hydrogens is 324 g/mol. The van der Waals surface area contributed by atoms with Gasteiger partial charge in [0.1, 0.15) is 0 Å². The van der Waals surface area contributed by atoms with Crippen LogP contribution >= 0.6 is 0 Å². The number of allylic oxidation sites excluding steroid dienone is 4. The fraction of sp³-hybridized carbons (Fsp3) is 0.852. The van der Waals surface area contributed by atoms with Crippen molar-refractivity contribution < 1.29 is 0 Å². The van der Waals surface area contributed by atoms with Crippen LogP contribution in [0.15, 0.2) is 22.3 Å². The van der Waals surface area contributed by atoms with E-state index in [4.69, 9.17) is 0 Å². The van der Waals surface area contributed by atoms with Crippen molar-refractivity contribution in [2.45, 2.75) is 116 Å². The van der Waals surface area contributed by atoms with Crippen LogP contribution in [0.5, 0.6) is 0 Å². The van der Waals surface area contributed by atoms with E-state index in [-0.39, 0.29) is 0 Å². The summed E-state index contributed by atoms with van der Waals surface area (Å²) in [4.78, 5) is 0. The van der Waals surface area contributed by atoms with Crippen molar-refractivity contribution in [1.29, 1.82) is 0 Å². The van der Waals surface area contributed by atoms with Crippen molar-refractivity contribution in [3.63, 3.8) is 0 Å². The van der Waals surface area contributed by atoms with E-state index in [0.29, 0.717) is 27.1 Å². The fourth-order valence-corrected chi connectivity index (χ4v) is 7.36. The standard InChI is InChI=1S/C15H28.C12H20/c1-11-12(2)15(7,8)10-13(3,4)9-14(11,5)6;1-8-6-11(4)7-12(8,5)10(3)9(11)2/h9-10H2,1-8H3;8H,6-7H2,1-5H3. The monoisotopic (exact) mass is 372 g/mol. The summed E-state index contributed by atoms with van der Waals surface area (Å²) < 4.78 is 0. The van der Waals surface area contributed by atoms with Crippen molar-refractivity contribution in [3.05, 3.63) is 22.3 Å². The maximum atomic E-state index is 2.45. The Morgan fingerprint density at radius 1 is 0.593 bits per heavy atom. The minimum Gasteiger partial charge on any atom is -0.0682 e. The third kappa shape index (κ3) is 3.84. The first-order chi connectivity index (χ1) is 11.9. The van der Waals surface area contributed by atoms with Gasteiger partial charge < -0.3 is 0 Å². The lowest BCUT2D eigenvalue weighted by molar-refractivity contribution is 0.179. The Bertz CT molecular complexity index is 638. The molecule has 0 nitrogen and oxygen atoms in total. The molecule has 0 aromatic rings. The highest BCUT2D eigenvalue weighted by Gasteiger charge is 2.55. The summed E-state index contributed by atoms with van der Waals surface area (Å²) in [6, 6.07) is 0. The molecule has 0 N–H and O–H groups in total. The quantitative estimate of drug-likeness (QED) is 0.372. The van der Waals surface area contributed by atoms with E-state index in [1.54, 1.807) is 22.3 Å². The summed E-state index contributed by atoms with van der Waals surface area (Å²) in [6.07, 6.45) is 5.41. The molecule has 0 saturated heterocycles. The van der Waals surface area contributed by atoms with E-state index in [9.17, 15) is 0 Å². The lowest BCUT2D eigenvalue weighted by atomic mass is 9.70. The zero-order valence-corrected chi connectivity index (χ0v) is 20.9. The highest BCUT2D eigenvalue weighted by atomic mass is 14.6. The first-order valence-electron chi connectivity index (χ1n) is 11.2. The number of fused-ring (bicyclic) bond motifs is 2. The molecule has 1 fully saturated rings. The Morgan fingerprint density at radius 2 is 1.00 bits per heavy atom. The van der Waals surface area contributed by atoms with E-state index in [1.165, 1.54) is 25.7 Å². The van der Waals surface area contributed by atoms with Gasteiger partial charge in [-0.15, -0.1) is 0 Å².